The van der Waals surface area contributed by atoms with Crippen molar-refractivity contribution in [2.24, 2.45) is 0 Å². The third-order valence-corrected chi connectivity index (χ3v) is 8.07. The van der Waals surface area contributed by atoms with Gasteiger partial charge in [-0.25, -0.2) is 9.59 Å². The Morgan fingerprint density at radius 1 is 0.936 bits per heavy atom. The number of hydrogen-bond acceptors (Lipinski definition) is 12. The van der Waals surface area contributed by atoms with Crippen LogP contribution in [0.4, 0.5) is 14.8 Å². The molecule has 6 rings (SSSR count). The van der Waals surface area contributed by atoms with Gasteiger partial charge in [0.1, 0.15) is 33.0 Å². The normalized spacial score (nSPS) is 16.9. The number of hydrogen-bond donors (Lipinski definition) is 4. The predicted octanol–water partition coefficient (Wildman–Crippen LogP) is 5.58. The highest BCUT2D eigenvalue weighted by Crippen LogP contribution is 2.29. The lowest BCUT2D eigenvalue weighted by Crippen LogP contribution is -2.43. The number of benzene rings is 2. The summed E-state index contributed by atoms with van der Waals surface area (Å²) in [6.07, 6.45) is 2.63. The van der Waals surface area contributed by atoms with Gasteiger partial charge in [0.15, 0.2) is 0 Å². The second-order valence-electron chi connectivity index (χ2n) is 11.5. The highest BCUT2D eigenvalue weighted by molar-refractivity contribution is 7.10. The van der Waals surface area contributed by atoms with Crippen molar-refractivity contribution in [2.45, 2.75) is 64.1 Å². The molecule has 2 aliphatic rings. The summed E-state index contributed by atoms with van der Waals surface area (Å²) in [5, 5.41) is 24.4. The van der Waals surface area contributed by atoms with Gasteiger partial charge >= 0.3 is 12.1 Å². The van der Waals surface area contributed by atoms with Gasteiger partial charge in [-0.3, -0.25) is 9.69 Å². The topological polar surface area (TPSA) is 186 Å². The second-order valence-corrected chi connectivity index (χ2v) is 13.0. The molecular formula is C31H39ClN8O5S2. The van der Waals surface area contributed by atoms with E-state index >= 15 is 0 Å². The number of nitrogens with zero attached hydrogens (tertiary/aromatic N) is 5. The van der Waals surface area contributed by atoms with E-state index in [9.17, 15) is 14.4 Å². The molecule has 0 aliphatic carbocycles. The number of ether oxygens (including phenoxy) is 1. The van der Waals surface area contributed by atoms with Gasteiger partial charge in [-0.05, 0) is 53.0 Å². The Labute approximate surface area is 287 Å². The zero-order chi connectivity index (χ0) is 33.1. The molecular weight excluding hydrogens is 664 g/mol. The van der Waals surface area contributed by atoms with Gasteiger partial charge in [0.2, 0.25) is 5.91 Å². The molecule has 0 spiro atoms. The van der Waals surface area contributed by atoms with Crippen molar-refractivity contribution in [2.75, 3.05) is 24.1 Å². The van der Waals surface area contributed by atoms with E-state index in [1.165, 1.54) is 28.0 Å². The quantitative estimate of drug-likeness (QED) is 0.204. The molecule has 2 aromatic carbocycles. The molecule has 0 unspecified atom stereocenters. The van der Waals surface area contributed by atoms with E-state index < -0.39 is 23.7 Å². The number of halogens is 1. The van der Waals surface area contributed by atoms with Crippen molar-refractivity contribution >= 4 is 63.4 Å². The lowest BCUT2D eigenvalue weighted by molar-refractivity contribution is -0.142. The number of likely N-dealkylation sites (tertiary alicyclic amines) is 1. The van der Waals surface area contributed by atoms with Crippen LogP contribution in [0.3, 0.4) is 0 Å². The molecule has 2 atom stereocenters. The van der Waals surface area contributed by atoms with Crippen molar-refractivity contribution in [3.63, 3.8) is 0 Å². The van der Waals surface area contributed by atoms with Crippen molar-refractivity contribution < 1.29 is 24.2 Å². The van der Waals surface area contributed by atoms with Crippen molar-refractivity contribution in [1.29, 1.82) is 0 Å². The van der Waals surface area contributed by atoms with Crippen LogP contribution in [0.15, 0.2) is 60.7 Å². The lowest BCUT2D eigenvalue weighted by atomic mass is 10.1. The number of carbonyl (C=O) groups excluding carboxylic acids is 2. The average molecular weight is 703 g/mol. The second kappa shape index (κ2) is 17.7. The standard InChI is InChI=1S/C13H14N4OS.C10H17NO4.C8H7N3S.ClH/c18-12(10-7-4-8-14-10)15-13-11(16-17-19-13)9-5-2-1-3-6-9;1-10(2,3)15-9(14)11-6-4-5-7(11)8(12)13;9-8-7(10-11-12-8)6-4-2-1-3-5-6;/h1-3,5-6,10,14H,4,7-8H2,(H,15,18);7H,4-6H2,1-3H3,(H,12,13);1-5H,9H2;1H/t10-;7-;;/m01../s1. The number of aromatic nitrogens is 4. The monoisotopic (exact) mass is 702 g/mol. The molecule has 2 fully saturated rings. The van der Waals surface area contributed by atoms with Crippen LogP contribution in [-0.2, 0) is 14.3 Å². The van der Waals surface area contributed by atoms with Gasteiger partial charge in [-0.1, -0.05) is 69.6 Å². The number of anilines is 2. The fourth-order valence-electron chi connectivity index (χ4n) is 4.72. The predicted molar refractivity (Wildman–Crippen MR) is 186 cm³/mol. The summed E-state index contributed by atoms with van der Waals surface area (Å²) in [5.41, 5.74) is 8.58. The third kappa shape index (κ3) is 10.9. The number of aliphatic carboxylic acids is 1. The number of nitrogen functional groups attached to an aromatic ring is 1. The fraction of sp³-hybridized carbons (Fsp3) is 0.387. The highest BCUT2D eigenvalue weighted by atomic mass is 35.5. The van der Waals surface area contributed by atoms with Crippen LogP contribution in [0, 0.1) is 0 Å². The number of nitrogens with two attached hydrogens (primary N) is 1. The van der Waals surface area contributed by atoms with Crippen LogP contribution in [0.25, 0.3) is 22.5 Å². The van der Waals surface area contributed by atoms with E-state index in [1.54, 1.807) is 20.8 Å². The number of carboxylic acid groups (broad SMARTS) is 1. The van der Waals surface area contributed by atoms with Gasteiger partial charge < -0.3 is 26.2 Å². The summed E-state index contributed by atoms with van der Waals surface area (Å²) >= 11 is 2.43. The first-order chi connectivity index (χ1) is 22.0. The molecule has 0 bridgehead atoms. The zero-order valence-corrected chi connectivity index (χ0v) is 28.7. The van der Waals surface area contributed by atoms with Crippen molar-refractivity contribution in [1.82, 2.24) is 29.4 Å². The van der Waals surface area contributed by atoms with Crippen LogP contribution in [0.1, 0.15) is 46.5 Å². The summed E-state index contributed by atoms with van der Waals surface area (Å²) in [7, 11) is 0. The zero-order valence-electron chi connectivity index (χ0n) is 26.3. The fourth-order valence-corrected chi connectivity index (χ4v) is 5.77. The summed E-state index contributed by atoms with van der Waals surface area (Å²) in [6.45, 7) is 6.65. The molecule has 5 N–H and O–H groups in total. The molecule has 2 aliphatic heterocycles. The molecule has 2 aromatic heterocycles. The van der Waals surface area contributed by atoms with Crippen LogP contribution in [0.5, 0.6) is 0 Å². The number of carboxylic acids is 1. The van der Waals surface area contributed by atoms with Gasteiger partial charge in [0.05, 0.1) is 6.04 Å². The summed E-state index contributed by atoms with van der Waals surface area (Å²) in [4.78, 5) is 35.8. The first kappa shape index (κ1) is 37.3. The first-order valence-electron chi connectivity index (χ1n) is 14.8. The molecule has 2 amide bonds. The van der Waals surface area contributed by atoms with E-state index in [4.69, 9.17) is 15.6 Å². The summed E-state index contributed by atoms with van der Waals surface area (Å²) in [5.74, 6) is -0.959. The van der Waals surface area contributed by atoms with Crippen molar-refractivity contribution in [3.8, 4) is 22.5 Å². The Morgan fingerprint density at radius 2 is 1.53 bits per heavy atom. The Hall–Kier alpha value is -4.18. The molecule has 13 nitrogen and oxygen atoms in total. The van der Waals surface area contributed by atoms with E-state index in [-0.39, 0.29) is 24.4 Å². The van der Waals surface area contributed by atoms with Crippen LogP contribution < -0.4 is 16.4 Å². The van der Waals surface area contributed by atoms with Gasteiger partial charge in [-0.15, -0.1) is 22.6 Å². The minimum Gasteiger partial charge on any atom is -0.480 e. The largest absolute Gasteiger partial charge is 0.480 e. The Balaban J connectivity index is 0.000000195. The Bertz CT molecular complexity index is 1580. The summed E-state index contributed by atoms with van der Waals surface area (Å²) in [6, 6.07) is 18.7. The van der Waals surface area contributed by atoms with Crippen molar-refractivity contribution in [3.05, 3.63) is 60.7 Å². The average Bonchev–Trinajstić information content (AvgIpc) is 3.85. The number of nitrogens with one attached hydrogen (secondary N) is 2. The maximum Gasteiger partial charge on any atom is 0.411 e. The van der Waals surface area contributed by atoms with Gasteiger partial charge in [-0.2, -0.15) is 0 Å². The first-order valence-corrected chi connectivity index (χ1v) is 16.4. The summed E-state index contributed by atoms with van der Waals surface area (Å²) < 4.78 is 12.8. The van der Waals surface area contributed by atoms with E-state index in [0.29, 0.717) is 23.0 Å². The SMILES string of the molecule is CC(C)(C)OC(=O)N1CCC[C@@H]1C(=O)O.Cl.Nc1snnc1-c1ccccc1.O=C(Nc1snnc1-c1ccccc1)[C@@H]1CCCN1. The van der Waals surface area contributed by atoms with Crippen LogP contribution in [-0.4, -0.2) is 77.9 Å². The smallest absolute Gasteiger partial charge is 0.411 e. The third-order valence-electron chi connectivity index (χ3n) is 6.88. The highest BCUT2D eigenvalue weighted by Gasteiger charge is 2.36. The maximum atomic E-state index is 12.1. The number of rotatable bonds is 5. The molecule has 4 aromatic rings. The number of carbonyl (C=O) groups is 3. The molecule has 0 radical (unpaired) electrons. The molecule has 47 heavy (non-hydrogen) atoms. The Kier molecular flexibility index (Phi) is 14.0. The molecule has 4 heterocycles. The molecule has 2 saturated heterocycles. The molecule has 16 heteroatoms. The van der Waals surface area contributed by atoms with Crippen LogP contribution in [0.2, 0.25) is 0 Å². The minimum atomic E-state index is -0.960. The molecule has 0 saturated carbocycles. The Morgan fingerprint density at radius 3 is 2.06 bits per heavy atom. The maximum absolute atomic E-state index is 12.1. The van der Waals surface area contributed by atoms with Gasteiger partial charge in [0.25, 0.3) is 0 Å². The van der Waals surface area contributed by atoms with E-state index in [1.807, 2.05) is 60.7 Å². The van der Waals surface area contributed by atoms with E-state index in [2.05, 4.69) is 29.8 Å². The lowest BCUT2D eigenvalue weighted by Gasteiger charge is -2.26. The van der Waals surface area contributed by atoms with Gasteiger partial charge in [0, 0.05) is 40.7 Å². The van der Waals surface area contributed by atoms with Crippen LogP contribution >= 0.6 is 35.5 Å². The minimum absolute atomic E-state index is 0. The molecule has 252 valence electrons. The van der Waals surface area contributed by atoms with E-state index in [0.717, 1.165) is 48.3 Å². The number of amides is 2.